The molecule has 0 N–H and O–H groups in total. The maximum absolute atomic E-state index is 6.90. The van der Waals surface area contributed by atoms with Crippen molar-refractivity contribution >= 4 is 0 Å². The summed E-state index contributed by atoms with van der Waals surface area (Å²) in [6.45, 7) is 12.8. The third kappa shape index (κ3) is 2.93. The molecule has 0 aromatic heterocycles. The smallest absolute Gasteiger partial charge is 0.125 e. The molecule has 0 saturated carbocycles. The molecule has 4 atom stereocenters. The summed E-state index contributed by atoms with van der Waals surface area (Å²) in [5.41, 5.74) is 1.06. The molecular formula is C24H30O3. The molecule has 2 saturated heterocycles. The van der Waals surface area contributed by atoms with Gasteiger partial charge in [0, 0.05) is 0 Å². The van der Waals surface area contributed by atoms with Crippen molar-refractivity contribution in [1.82, 2.24) is 0 Å². The first kappa shape index (κ1) is 18.7. The summed E-state index contributed by atoms with van der Waals surface area (Å²) in [6, 6.07) is 20.8. The Balaban J connectivity index is 1.74. The molecule has 2 aromatic rings. The van der Waals surface area contributed by atoms with Crippen LogP contribution in [-0.4, -0.2) is 22.4 Å². The normalized spacial score (nSPS) is 32.5. The van der Waals surface area contributed by atoms with Crippen LogP contribution < -0.4 is 0 Å². The summed E-state index contributed by atoms with van der Waals surface area (Å²) in [5, 5.41) is 0. The monoisotopic (exact) mass is 366 g/mol. The van der Waals surface area contributed by atoms with E-state index < -0.39 is 0 Å². The average Bonchev–Trinajstić information content (AvgIpc) is 3.36. The van der Waals surface area contributed by atoms with Crippen LogP contribution in [0.5, 0.6) is 0 Å². The molecule has 2 aliphatic rings. The first-order chi connectivity index (χ1) is 12.6. The van der Waals surface area contributed by atoms with E-state index in [-0.39, 0.29) is 34.6 Å². The van der Waals surface area contributed by atoms with Gasteiger partial charge in [-0.1, -0.05) is 60.7 Å². The fourth-order valence-electron chi connectivity index (χ4n) is 4.19. The quantitative estimate of drug-likeness (QED) is 0.622. The van der Waals surface area contributed by atoms with E-state index in [1.165, 1.54) is 0 Å². The van der Waals surface area contributed by atoms with E-state index in [9.17, 15) is 0 Å². The van der Waals surface area contributed by atoms with Crippen LogP contribution in [0.1, 0.15) is 64.9 Å². The van der Waals surface area contributed by atoms with Gasteiger partial charge in [0.05, 0.1) is 11.2 Å². The highest BCUT2D eigenvalue weighted by molar-refractivity contribution is 5.30. The molecule has 3 nitrogen and oxygen atoms in total. The predicted molar refractivity (Wildman–Crippen MR) is 107 cm³/mol. The van der Waals surface area contributed by atoms with Crippen LogP contribution in [-0.2, 0) is 14.2 Å². The molecule has 2 aromatic carbocycles. The Kier molecular flexibility index (Phi) is 4.08. The summed E-state index contributed by atoms with van der Waals surface area (Å²) in [5.74, 6) is 0. The van der Waals surface area contributed by atoms with Crippen LogP contribution in [0, 0.1) is 0 Å². The Morgan fingerprint density at radius 2 is 0.889 bits per heavy atom. The summed E-state index contributed by atoms with van der Waals surface area (Å²) in [7, 11) is 0. The first-order valence-electron chi connectivity index (χ1n) is 9.76. The van der Waals surface area contributed by atoms with Gasteiger partial charge in [-0.2, -0.15) is 0 Å². The van der Waals surface area contributed by atoms with E-state index in [0.29, 0.717) is 0 Å². The minimum absolute atomic E-state index is 0.185. The van der Waals surface area contributed by atoms with Gasteiger partial charge in [-0.05, 0) is 52.7 Å². The average molecular weight is 367 g/mol. The van der Waals surface area contributed by atoms with E-state index >= 15 is 0 Å². The van der Waals surface area contributed by atoms with Crippen LogP contribution in [0.25, 0.3) is 0 Å². The van der Waals surface area contributed by atoms with Gasteiger partial charge in [-0.25, -0.2) is 0 Å². The Morgan fingerprint density at radius 3 is 1.15 bits per heavy atom. The maximum atomic E-state index is 6.90. The van der Waals surface area contributed by atoms with Crippen molar-refractivity contribution in [3.05, 3.63) is 71.8 Å². The lowest BCUT2D eigenvalue weighted by Gasteiger charge is -2.32. The largest absolute Gasteiger partial charge is 0.360 e. The van der Waals surface area contributed by atoms with Gasteiger partial charge in [0.1, 0.15) is 23.4 Å². The fourth-order valence-corrected chi connectivity index (χ4v) is 4.19. The summed E-state index contributed by atoms with van der Waals surface area (Å²) in [4.78, 5) is 0. The van der Waals surface area contributed by atoms with Crippen LogP contribution in [0.4, 0.5) is 0 Å². The van der Waals surface area contributed by atoms with Crippen molar-refractivity contribution in [1.29, 1.82) is 0 Å². The summed E-state index contributed by atoms with van der Waals surface area (Å²) < 4.78 is 19.2. The Labute approximate surface area is 162 Å². The van der Waals surface area contributed by atoms with Gasteiger partial charge in [0.15, 0.2) is 0 Å². The van der Waals surface area contributed by atoms with Gasteiger partial charge in [0.25, 0.3) is 0 Å². The van der Waals surface area contributed by atoms with E-state index in [1.54, 1.807) is 0 Å². The third-order valence-electron chi connectivity index (χ3n) is 6.72. The third-order valence-corrected chi connectivity index (χ3v) is 6.72. The van der Waals surface area contributed by atoms with Crippen molar-refractivity contribution in [3.63, 3.8) is 0 Å². The standard InChI is InChI=1S/C24H30O3/c1-21(2)23(5,26-21)19(17-13-9-7-10-14-17)25-20(18-15-11-8-12-16-18)24(6)22(3,4)27-24/h7-16,19-20H,1-6H3. The maximum Gasteiger partial charge on any atom is 0.125 e. The van der Waals surface area contributed by atoms with Crippen molar-refractivity contribution in [2.24, 2.45) is 0 Å². The molecule has 0 radical (unpaired) electrons. The lowest BCUT2D eigenvalue weighted by atomic mass is 9.85. The highest BCUT2D eigenvalue weighted by Gasteiger charge is 2.69. The van der Waals surface area contributed by atoms with E-state index in [4.69, 9.17) is 14.2 Å². The molecule has 2 heterocycles. The van der Waals surface area contributed by atoms with Gasteiger partial charge < -0.3 is 14.2 Å². The zero-order valence-electron chi connectivity index (χ0n) is 17.2. The van der Waals surface area contributed by atoms with Gasteiger partial charge in [-0.15, -0.1) is 0 Å². The molecule has 27 heavy (non-hydrogen) atoms. The molecule has 4 rings (SSSR count). The number of ether oxygens (including phenoxy) is 3. The van der Waals surface area contributed by atoms with Crippen LogP contribution in [0.3, 0.4) is 0 Å². The summed E-state index contributed by atoms with van der Waals surface area (Å²) in [6.07, 6.45) is -0.369. The number of hydrogen-bond acceptors (Lipinski definition) is 3. The zero-order chi connectivity index (χ0) is 19.5. The minimum atomic E-state index is -0.378. The molecule has 3 heteroatoms. The Morgan fingerprint density at radius 1 is 0.593 bits per heavy atom. The summed E-state index contributed by atoms with van der Waals surface area (Å²) >= 11 is 0. The van der Waals surface area contributed by atoms with E-state index in [0.717, 1.165) is 11.1 Å². The predicted octanol–water partition coefficient (Wildman–Crippen LogP) is 5.62. The molecule has 2 fully saturated rings. The van der Waals surface area contributed by atoms with Crippen molar-refractivity contribution in [2.75, 3.05) is 0 Å². The van der Waals surface area contributed by atoms with Crippen LogP contribution >= 0.6 is 0 Å². The Hall–Kier alpha value is -1.68. The SMILES string of the molecule is CC1(C)OC1(C)C(OC(c1ccccc1)C1(C)OC1(C)C)c1ccccc1. The zero-order valence-corrected chi connectivity index (χ0v) is 17.2. The second-order valence-electron chi connectivity index (χ2n) is 9.16. The molecule has 144 valence electrons. The molecule has 0 amide bonds. The van der Waals surface area contributed by atoms with Crippen LogP contribution in [0.15, 0.2) is 60.7 Å². The van der Waals surface area contributed by atoms with Gasteiger partial charge in [0.2, 0.25) is 0 Å². The van der Waals surface area contributed by atoms with Crippen LogP contribution in [0.2, 0.25) is 0 Å². The minimum Gasteiger partial charge on any atom is -0.360 e. The van der Waals surface area contributed by atoms with E-state index in [2.05, 4.69) is 90.1 Å². The molecule has 0 aliphatic carbocycles. The lowest BCUT2D eigenvalue weighted by Crippen LogP contribution is -2.34. The second kappa shape index (κ2) is 5.91. The topological polar surface area (TPSA) is 34.3 Å². The molecule has 2 aliphatic heterocycles. The molecule has 0 spiro atoms. The fraction of sp³-hybridized carbons (Fsp3) is 0.500. The number of hydrogen-bond donors (Lipinski definition) is 0. The highest BCUT2D eigenvalue weighted by atomic mass is 16.7. The van der Waals surface area contributed by atoms with E-state index in [1.807, 2.05) is 12.1 Å². The van der Waals surface area contributed by atoms with Crippen molar-refractivity contribution in [3.8, 4) is 0 Å². The lowest BCUT2D eigenvalue weighted by molar-refractivity contribution is -0.0838. The second-order valence-corrected chi connectivity index (χ2v) is 9.16. The molecule has 4 unspecified atom stereocenters. The highest BCUT2D eigenvalue weighted by Crippen LogP contribution is 2.61. The van der Waals surface area contributed by atoms with Gasteiger partial charge in [-0.3, -0.25) is 0 Å². The van der Waals surface area contributed by atoms with Crippen molar-refractivity contribution in [2.45, 2.75) is 76.2 Å². The van der Waals surface area contributed by atoms with Gasteiger partial charge >= 0.3 is 0 Å². The number of epoxide rings is 2. The molecule has 0 bridgehead atoms. The number of benzene rings is 2. The first-order valence-corrected chi connectivity index (χ1v) is 9.76. The Bertz CT molecular complexity index is 745. The molecular weight excluding hydrogens is 336 g/mol. The number of rotatable bonds is 6. The van der Waals surface area contributed by atoms with Crippen molar-refractivity contribution < 1.29 is 14.2 Å².